The van der Waals surface area contributed by atoms with Crippen LogP contribution in [0.4, 0.5) is 17.6 Å². The SMILES string of the molecule is C=CC[NH+](CC=C)Cc1nc(N)nc(Nc2ccccc2C)n1. The summed E-state index contributed by atoms with van der Waals surface area (Å²) >= 11 is 0. The van der Waals surface area contributed by atoms with Crippen molar-refractivity contribution in [1.82, 2.24) is 15.0 Å². The van der Waals surface area contributed by atoms with Crippen LogP contribution in [0.3, 0.4) is 0 Å². The lowest BCUT2D eigenvalue weighted by Gasteiger charge is -2.15. The molecular weight excluding hydrogens is 288 g/mol. The van der Waals surface area contributed by atoms with Gasteiger partial charge in [-0.2, -0.15) is 15.0 Å². The second-order valence-electron chi connectivity index (χ2n) is 5.29. The van der Waals surface area contributed by atoms with Gasteiger partial charge in [-0.25, -0.2) is 0 Å². The summed E-state index contributed by atoms with van der Waals surface area (Å²) in [5.41, 5.74) is 7.88. The predicted molar refractivity (Wildman–Crippen MR) is 93.5 cm³/mol. The molecule has 4 N–H and O–H groups in total. The molecule has 0 saturated carbocycles. The number of para-hydroxylation sites is 1. The van der Waals surface area contributed by atoms with Gasteiger partial charge in [-0.1, -0.05) is 31.4 Å². The molecule has 0 spiro atoms. The molecule has 0 aliphatic heterocycles. The Labute approximate surface area is 136 Å². The van der Waals surface area contributed by atoms with Gasteiger partial charge in [0.1, 0.15) is 6.54 Å². The summed E-state index contributed by atoms with van der Waals surface area (Å²) in [5, 5.41) is 3.20. The van der Waals surface area contributed by atoms with E-state index in [9.17, 15) is 0 Å². The Morgan fingerprint density at radius 2 is 1.83 bits per heavy atom. The maximum atomic E-state index is 5.82. The van der Waals surface area contributed by atoms with Gasteiger partial charge in [0.05, 0.1) is 13.1 Å². The zero-order chi connectivity index (χ0) is 16.7. The smallest absolute Gasteiger partial charge is 0.232 e. The maximum absolute atomic E-state index is 5.82. The summed E-state index contributed by atoms with van der Waals surface area (Å²) in [7, 11) is 0. The van der Waals surface area contributed by atoms with E-state index in [4.69, 9.17) is 5.73 Å². The molecule has 0 amide bonds. The number of quaternary nitrogens is 1. The molecule has 1 heterocycles. The number of rotatable bonds is 8. The number of nitrogens with zero attached hydrogens (tertiary/aromatic N) is 3. The molecule has 0 unspecified atom stereocenters. The van der Waals surface area contributed by atoms with Crippen molar-refractivity contribution in [3.8, 4) is 0 Å². The van der Waals surface area contributed by atoms with Gasteiger partial charge in [0.25, 0.3) is 0 Å². The number of hydrogen-bond donors (Lipinski definition) is 3. The molecule has 0 radical (unpaired) electrons. The summed E-state index contributed by atoms with van der Waals surface area (Å²) in [5.74, 6) is 1.31. The van der Waals surface area contributed by atoms with Gasteiger partial charge in [-0.3, -0.25) is 0 Å². The fraction of sp³-hybridized carbons (Fsp3) is 0.235. The predicted octanol–water partition coefficient (Wildman–Crippen LogP) is 1.26. The van der Waals surface area contributed by atoms with Crippen molar-refractivity contribution in [1.29, 1.82) is 0 Å². The molecule has 0 fully saturated rings. The Morgan fingerprint density at radius 3 is 2.48 bits per heavy atom. The Morgan fingerprint density at radius 1 is 1.13 bits per heavy atom. The molecule has 0 atom stereocenters. The Kier molecular flexibility index (Phi) is 5.82. The monoisotopic (exact) mass is 311 g/mol. The molecule has 6 nitrogen and oxygen atoms in total. The van der Waals surface area contributed by atoms with Crippen LogP contribution in [-0.4, -0.2) is 28.0 Å². The van der Waals surface area contributed by atoms with Gasteiger partial charge >= 0.3 is 0 Å². The third-order valence-electron chi connectivity index (χ3n) is 3.36. The largest absolute Gasteiger partial charge is 0.368 e. The van der Waals surface area contributed by atoms with Gasteiger partial charge < -0.3 is 16.0 Å². The first kappa shape index (κ1) is 16.6. The third kappa shape index (κ3) is 4.89. The van der Waals surface area contributed by atoms with Crippen LogP contribution in [0, 0.1) is 6.92 Å². The molecular formula is C17H23N6+. The minimum atomic E-state index is 0.211. The summed E-state index contributed by atoms with van der Waals surface area (Å²) in [6.45, 7) is 11.8. The maximum Gasteiger partial charge on any atom is 0.232 e. The van der Waals surface area contributed by atoms with Crippen molar-refractivity contribution < 1.29 is 4.90 Å². The van der Waals surface area contributed by atoms with E-state index < -0.39 is 0 Å². The molecule has 0 aliphatic carbocycles. The first-order valence-electron chi connectivity index (χ1n) is 7.50. The Balaban J connectivity index is 2.19. The number of nitrogen functional groups attached to an aromatic ring is 1. The van der Waals surface area contributed by atoms with Crippen LogP contribution < -0.4 is 16.0 Å². The van der Waals surface area contributed by atoms with E-state index in [1.165, 1.54) is 4.90 Å². The first-order chi connectivity index (χ1) is 11.1. The van der Waals surface area contributed by atoms with Crippen LogP contribution in [0.1, 0.15) is 11.4 Å². The number of hydrogen-bond acceptors (Lipinski definition) is 5. The highest BCUT2D eigenvalue weighted by molar-refractivity contribution is 5.58. The standard InChI is InChI=1S/C17H22N6/c1-4-10-23(11-5-2)12-15-20-16(18)22-17(21-15)19-14-9-7-6-8-13(14)3/h4-9H,1-2,10-12H2,3H3,(H3,18,19,20,21,22)/p+1. The van der Waals surface area contributed by atoms with E-state index >= 15 is 0 Å². The van der Waals surface area contributed by atoms with E-state index in [0.717, 1.165) is 24.3 Å². The van der Waals surface area contributed by atoms with E-state index in [-0.39, 0.29) is 5.95 Å². The molecule has 1 aromatic heterocycles. The zero-order valence-corrected chi connectivity index (χ0v) is 13.4. The summed E-state index contributed by atoms with van der Waals surface area (Å²) in [6.07, 6.45) is 3.74. The molecule has 0 saturated heterocycles. The fourth-order valence-electron chi connectivity index (χ4n) is 2.27. The van der Waals surface area contributed by atoms with E-state index in [0.29, 0.717) is 18.3 Å². The molecule has 0 aliphatic rings. The molecule has 23 heavy (non-hydrogen) atoms. The van der Waals surface area contributed by atoms with Crippen LogP contribution >= 0.6 is 0 Å². The normalized spacial score (nSPS) is 10.5. The Hall–Kier alpha value is -2.73. The van der Waals surface area contributed by atoms with Crippen molar-refractivity contribution in [2.45, 2.75) is 13.5 Å². The lowest BCUT2D eigenvalue weighted by molar-refractivity contribution is -0.902. The second kappa shape index (κ2) is 8.05. The first-order valence-corrected chi connectivity index (χ1v) is 7.50. The Bertz CT molecular complexity index is 673. The molecule has 6 heteroatoms. The highest BCUT2D eigenvalue weighted by atomic mass is 15.2. The van der Waals surface area contributed by atoms with Gasteiger partial charge in [0.2, 0.25) is 11.9 Å². The van der Waals surface area contributed by atoms with Gasteiger partial charge in [-0.05, 0) is 30.7 Å². The highest BCUT2D eigenvalue weighted by Gasteiger charge is 2.12. The van der Waals surface area contributed by atoms with Gasteiger partial charge in [0, 0.05) is 5.69 Å². The molecule has 2 rings (SSSR count). The number of aryl methyl sites for hydroxylation is 1. The number of benzene rings is 1. The average molecular weight is 311 g/mol. The number of aromatic nitrogens is 3. The van der Waals surface area contributed by atoms with Gasteiger partial charge in [-0.15, -0.1) is 0 Å². The van der Waals surface area contributed by atoms with Crippen LogP contribution in [0.25, 0.3) is 0 Å². The third-order valence-corrected chi connectivity index (χ3v) is 3.36. The van der Waals surface area contributed by atoms with Crippen LogP contribution in [-0.2, 0) is 6.54 Å². The summed E-state index contributed by atoms with van der Waals surface area (Å²) in [6, 6.07) is 7.94. The van der Waals surface area contributed by atoms with E-state index in [2.05, 4.69) is 33.4 Å². The van der Waals surface area contributed by atoms with Gasteiger partial charge in [0.15, 0.2) is 5.82 Å². The van der Waals surface area contributed by atoms with Crippen LogP contribution in [0.2, 0.25) is 0 Å². The van der Waals surface area contributed by atoms with Crippen molar-refractivity contribution in [2.24, 2.45) is 0 Å². The van der Waals surface area contributed by atoms with Crippen molar-refractivity contribution >= 4 is 17.6 Å². The average Bonchev–Trinajstić information content (AvgIpc) is 2.49. The van der Waals surface area contributed by atoms with Crippen LogP contribution in [0.15, 0.2) is 49.6 Å². The quantitative estimate of drug-likeness (QED) is 0.640. The highest BCUT2D eigenvalue weighted by Crippen LogP contribution is 2.17. The minimum absolute atomic E-state index is 0.211. The number of anilines is 3. The van der Waals surface area contributed by atoms with Crippen molar-refractivity contribution in [3.05, 3.63) is 61.0 Å². The van der Waals surface area contributed by atoms with Crippen LogP contribution in [0.5, 0.6) is 0 Å². The molecule has 2 aromatic rings. The van der Waals surface area contributed by atoms with Crippen molar-refractivity contribution in [3.63, 3.8) is 0 Å². The minimum Gasteiger partial charge on any atom is -0.368 e. The van der Waals surface area contributed by atoms with Crippen molar-refractivity contribution in [2.75, 3.05) is 24.1 Å². The lowest BCUT2D eigenvalue weighted by Crippen LogP contribution is -3.10. The van der Waals surface area contributed by atoms with E-state index in [1.54, 1.807) is 0 Å². The number of nitrogens with one attached hydrogen (secondary N) is 2. The fourth-order valence-corrected chi connectivity index (χ4v) is 2.27. The molecule has 0 bridgehead atoms. The zero-order valence-electron chi connectivity index (χ0n) is 13.4. The lowest BCUT2D eigenvalue weighted by atomic mass is 10.2. The van der Waals surface area contributed by atoms with E-state index in [1.807, 2.05) is 43.3 Å². The number of nitrogens with two attached hydrogens (primary N) is 1. The second-order valence-corrected chi connectivity index (χ2v) is 5.29. The summed E-state index contributed by atoms with van der Waals surface area (Å²) in [4.78, 5) is 14.1. The topological polar surface area (TPSA) is 81.2 Å². The summed E-state index contributed by atoms with van der Waals surface area (Å²) < 4.78 is 0. The molecule has 120 valence electrons. The molecule has 1 aromatic carbocycles.